The number of aromatic nitrogens is 2. The summed E-state index contributed by atoms with van der Waals surface area (Å²) in [5, 5.41) is 0. The lowest BCUT2D eigenvalue weighted by Crippen LogP contribution is -2.17. The first-order valence-corrected chi connectivity index (χ1v) is 6.02. The third kappa shape index (κ3) is 4.27. The van der Waals surface area contributed by atoms with Crippen molar-refractivity contribution in [1.29, 1.82) is 0 Å². The topological polar surface area (TPSA) is 53.1 Å². The predicted octanol–water partition coefficient (Wildman–Crippen LogP) is 2.33. The van der Waals surface area contributed by atoms with Gasteiger partial charge in [0.05, 0.1) is 12.0 Å². The first kappa shape index (κ1) is 14.4. The van der Waals surface area contributed by atoms with Crippen LogP contribution in [0.25, 0.3) is 0 Å². The molecule has 1 heterocycles. The van der Waals surface area contributed by atoms with Gasteiger partial charge in [0.1, 0.15) is 5.75 Å². The van der Waals surface area contributed by atoms with Crippen molar-refractivity contribution in [2.24, 2.45) is 5.73 Å². The third-order valence-corrected chi connectivity index (χ3v) is 2.61. The van der Waals surface area contributed by atoms with Gasteiger partial charge >= 0.3 is 6.36 Å². The molecule has 0 aliphatic heterocycles. The zero-order valence-corrected chi connectivity index (χ0v) is 10.6. The molecular formula is C13H14F3N3O. The van der Waals surface area contributed by atoms with E-state index in [-0.39, 0.29) is 5.75 Å². The Morgan fingerprint density at radius 3 is 2.50 bits per heavy atom. The predicted molar refractivity (Wildman–Crippen MR) is 67.2 cm³/mol. The van der Waals surface area contributed by atoms with Crippen molar-refractivity contribution in [1.82, 2.24) is 9.55 Å². The van der Waals surface area contributed by atoms with E-state index in [1.54, 1.807) is 18.5 Å². The first-order chi connectivity index (χ1) is 9.46. The summed E-state index contributed by atoms with van der Waals surface area (Å²) in [7, 11) is 0. The van der Waals surface area contributed by atoms with Crippen molar-refractivity contribution in [3.05, 3.63) is 48.0 Å². The second kappa shape index (κ2) is 5.96. The number of ether oxygens (including phenoxy) is 1. The Balaban J connectivity index is 1.99. The minimum atomic E-state index is -4.66. The summed E-state index contributed by atoms with van der Waals surface area (Å²) in [5.41, 5.74) is 7.19. The SMILES string of the molecule is NCCc1cn(Cc2ccc(OC(F)(F)F)cc2)cn1. The molecule has 20 heavy (non-hydrogen) atoms. The van der Waals surface area contributed by atoms with Crippen LogP contribution in [0.2, 0.25) is 0 Å². The summed E-state index contributed by atoms with van der Waals surface area (Å²) in [5.74, 6) is -0.226. The Hall–Kier alpha value is -2.02. The molecular weight excluding hydrogens is 271 g/mol. The molecule has 108 valence electrons. The number of nitrogens with zero attached hydrogens (tertiary/aromatic N) is 2. The van der Waals surface area contributed by atoms with Gasteiger partial charge in [-0.05, 0) is 24.2 Å². The number of nitrogens with two attached hydrogens (primary N) is 1. The van der Waals surface area contributed by atoms with Crippen molar-refractivity contribution in [3.63, 3.8) is 0 Å². The van der Waals surface area contributed by atoms with Gasteiger partial charge in [0, 0.05) is 19.2 Å². The summed E-state index contributed by atoms with van der Waals surface area (Å²) in [6.07, 6.45) is -0.424. The fourth-order valence-electron chi connectivity index (χ4n) is 1.78. The van der Waals surface area contributed by atoms with E-state index in [1.807, 2.05) is 10.8 Å². The van der Waals surface area contributed by atoms with Crippen LogP contribution >= 0.6 is 0 Å². The van der Waals surface area contributed by atoms with Gasteiger partial charge in [0.15, 0.2) is 0 Å². The van der Waals surface area contributed by atoms with Gasteiger partial charge in [0.25, 0.3) is 0 Å². The highest BCUT2D eigenvalue weighted by Crippen LogP contribution is 2.22. The highest BCUT2D eigenvalue weighted by Gasteiger charge is 2.30. The average Bonchev–Trinajstić information content (AvgIpc) is 2.78. The Labute approximate surface area is 114 Å². The van der Waals surface area contributed by atoms with E-state index in [4.69, 9.17) is 5.73 Å². The van der Waals surface area contributed by atoms with E-state index in [0.717, 1.165) is 11.3 Å². The number of benzene rings is 1. The molecule has 1 aromatic heterocycles. The maximum Gasteiger partial charge on any atom is 0.573 e. The van der Waals surface area contributed by atoms with Gasteiger partial charge in [0.2, 0.25) is 0 Å². The quantitative estimate of drug-likeness (QED) is 0.917. The van der Waals surface area contributed by atoms with Crippen molar-refractivity contribution in [2.45, 2.75) is 19.3 Å². The normalized spacial score (nSPS) is 11.6. The smallest absolute Gasteiger partial charge is 0.406 e. The molecule has 0 spiro atoms. The molecule has 2 N–H and O–H groups in total. The zero-order chi connectivity index (χ0) is 14.6. The lowest BCUT2D eigenvalue weighted by Gasteiger charge is -2.09. The Bertz CT molecular complexity index is 549. The Morgan fingerprint density at radius 2 is 1.90 bits per heavy atom. The maximum absolute atomic E-state index is 12.0. The molecule has 0 saturated heterocycles. The molecule has 0 aliphatic rings. The van der Waals surface area contributed by atoms with Crippen molar-refractivity contribution >= 4 is 0 Å². The van der Waals surface area contributed by atoms with Crippen LogP contribution in [0.15, 0.2) is 36.8 Å². The number of alkyl halides is 3. The molecule has 1 aromatic carbocycles. The third-order valence-electron chi connectivity index (χ3n) is 2.61. The number of imidazole rings is 1. The van der Waals surface area contributed by atoms with Crippen LogP contribution in [0.1, 0.15) is 11.3 Å². The molecule has 0 atom stereocenters. The minimum absolute atomic E-state index is 0.226. The standard InChI is InChI=1S/C13H14F3N3O/c14-13(15,16)20-12-3-1-10(2-4-12)7-19-8-11(5-6-17)18-9-19/h1-4,8-9H,5-7,17H2. The molecule has 0 radical (unpaired) electrons. The van der Waals surface area contributed by atoms with Crippen LogP contribution in [0.4, 0.5) is 13.2 Å². The fraction of sp³-hybridized carbons (Fsp3) is 0.308. The van der Waals surface area contributed by atoms with E-state index in [1.165, 1.54) is 12.1 Å². The van der Waals surface area contributed by atoms with Gasteiger partial charge in [-0.1, -0.05) is 12.1 Å². The van der Waals surface area contributed by atoms with E-state index in [9.17, 15) is 13.2 Å². The van der Waals surface area contributed by atoms with E-state index < -0.39 is 6.36 Å². The zero-order valence-electron chi connectivity index (χ0n) is 10.6. The molecule has 2 aromatic rings. The largest absolute Gasteiger partial charge is 0.573 e. The summed E-state index contributed by atoms with van der Waals surface area (Å²) >= 11 is 0. The fourth-order valence-corrected chi connectivity index (χ4v) is 1.78. The van der Waals surface area contributed by atoms with E-state index in [2.05, 4.69) is 9.72 Å². The van der Waals surface area contributed by atoms with Crippen molar-refractivity contribution < 1.29 is 17.9 Å². The minimum Gasteiger partial charge on any atom is -0.406 e. The van der Waals surface area contributed by atoms with Crippen LogP contribution in [-0.2, 0) is 13.0 Å². The van der Waals surface area contributed by atoms with Crippen LogP contribution in [0.3, 0.4) is 0 Å². The molecule has 0 aliphatic carbocycles. The maximum atomic E-state index is 12.0. The highest BCUT2D eigenvalue weighted by molar-refractivity contribution is 5.27. The van der Waals surface area contributed by atoms with Gasteiger partial charge in [-0.2, -0.15) is 0 Å². The van der Waals surface area contributed by atoms with Gasteiger partial charge in [-0.15, -0.1) is 13.2 Å². The summed E-state index contributed by atoms with van der Waals surface area (Å²) in [6, 6.07) is 5.76. The van der Waals surface area contributed by atoms with E-state index >= 15 is 0 Å². The molecule has 4 nitrogen and oxygen atoms in total. The Kier molecular flexibility index (Phi) is 4.29. The Morgan fingerprint density at radius 1 is 1.20 bits per heavy atom. The number of hydrogen-bond donors (Lipinski definition) is 1. The van der Waals surface area contributed by atoms with Crippen molar-refractivity contribution in [3.8, 4) is 5.75 Å². The van der Waals surface area contributed by atoms with Crippen LogP contribution in [-0.4, -0.2) is 22.5 Å². The molecule has 2 rings (SSSR count). The molecule has 0 unspecified atom stereocenters. The molecule has 0 saturated carbocycles. The first-order valence-electron chi connectivity index (χ1n) is 6.02. The molecule has 0 fully saturated rings. The van der Waals surface area contributed by atoms with Crippen LogP contribution in [0.5, 0.6) is 5.75 Å². The lowest BCUT2D eigenvalue weighted by molar-refractivity contribution is -0.274. The van der Waals surface area contributed by atoms with Crippen LogP contribution < -0.4 is 10.5 Å². The van der Waals surface area contributed by atoms with Crippen LogP contribution in [0, 0.1) is 0 Å². The molecule has 0 amide bonds. The van der Waals surface area contributed by atoms with Gasteiger partial charge < -0.3 is 15.0 Å². The van der Waals surface area contributed by atoms with Crippen molar-refractivity contribution in [2.75, 3.05) is 6.54 Å². The lowest BCUT2D eigenvalue weighted by atomic mass is 10.2. The van der Waals surface area contributed by atoms with Gasteiger partial charge in [-0.3, -0.25) is 0 Å². The number of rotatable bonds is 5. The van der Waals surface area contributed by atoms with E-state index in [0.29, 0.717) is 19.5 Å². The average molecular weight is 285 g/mol. The summed E-state index contributed by atoms with van der Waals surface area (Å²) in [4.78, 5) is 4.18. The molecule has 0 bridgehead atoms. The second-order valence-corrected chi connectivity index (χ2v) is 4.27. The summed E-state index contributed by atoms with van der Waals surface area (Å²) in [6.45, 7) is 1.06. The monoisotopic (exact) mass is 285 g/mol. The summed E-state index contributed by atoms with van der Waals surface area (Å²) < 4.78 is 41.7. The molecule has 7 heteroatoms. The highest BCUT2D eigenvalue weighted by atomic mass is 19.4. The number of halogens is 3. The van der Waals surface area contributed by atoms with Gasteiger partial charge in [-0.25, -0.2) is 4.98 Å². The second-order valence-electron chi connectivity index (χ2n) is 4.27. The number of hydrogen-bond acceptors (Lipinski definition) is 3.